The number of carboxylic acid groups (broad SMARTS) is 1. The van der Waals surface area contributed by atoms with Crippen LogP contribution in [0, 0.1) is 56.7 Å². The van der Waals surface area contributed by atoms with Crippen molar-refractivity contribution in [2.45, 2.75) is 183 Å². The summed E-state index contributed by atoms with van der Waals surface area (Å²) in [5.74, 6) is 0.245. The predicted molar refractivity (Wildman–Crippen MR) is 203 cm³/mol. The number of aliphatic carboxylic acids is 1. The number of Topliss-reactive ketones (excluding diaryl/α,β-unsaturated/α-hetero) is 1. The molecule has 0 heterocycles. The number of carbonyl (C=O) groups is 4. The van der Waals surface area contributed by atoms with E-state index in [1.807, 2.05) is 0 Å². The quantitative estimate of drug-likeness (QED) is 0.170. The Morgan fingerprint density at radius 3 is 2.19 bits per heavy atom. The number of esters is 1. The Bertz CT molecular complexity index is 1490. The lowest BCUT2D eigenvalue weighted by Gasteiger charge is -2.70. The van der Waals surface area contributed by atoms with Crippen LogP contribution in [0.3, 0.4) is 0 Å². The summed E-state index contributed by atoms with van der Waals surface area (Å²) in [5, 5.41) is 16.5. The van der Waals surface area contributed by atoms with E-state index >= 15 is 0 Å². The first kappa shape index (κ1) is 39.3. The van der Waals surface area contributed by atoms with Gasteiger partial charge in [0, 0.05) is 23.8 Å². The fourth-order valence-electron chi connectivity index (χ4n) is 13.7. The zero-order chi connectivity index (χ0) is 38.2. The van der Waals surface area contributed by atoms with Gasteiger partial charge in [0.05, 0.1) is 17.4 Å². The van der Waals surface area contributed by atoms with Gasteiger partial charge in [-0.3, -0.25) is 14.4 Å². The van der Waals surface area contributed by atoms with Crippen LogP contribution in [0.4, 0.5) is 4.79 Å². The van der Waals surface area contributed by atoms with Gasteiger partial charge in [0.25, 0.3) is 0 Å². The van der Waals surface area contributed by atoms with E-state index < -0.39 is 22.9 Å². The Labute approximate surface area is 313 Å². The second-order valence-electron chi connectivity index (χ2n) is 20.8. The first-order chi connectivity index (χ1) is 24.1. The zero-order valence-corrected chi connectivity index (χ0v) is 34.1. The number of fused-ring (bicyclic) bond motifs is 6. The van der Waals surface area contributed by atoms with Crippen molar-refractivity contribution in [2.24, 2.45) is 56.7 Å². The Balaban J connectivity index is 1.28. The molecule has 6 aliphatic rings. The minimum atomic E-state index is -1.16. The Morgan fingerprint density at radius 1 is 0.885 bits per heavy atom. The number of ketones is 1. The van der Waals surface area contributed by atoms with Gasteiger partial charge in [-0.25, -0.2) is 4.79 Å². The van der Waals surface area contributed by atoms with Gasteiger partial charge in [-0.05, 0) is 130 Å². The molecule has 5 fully saturated rings. The number of nitrogens with one attached hydrogen (secondary N) is 2. The predicted octanol–water partition coefficient (Wildman–Crippen LogP) is 9.40. The molecule has 0 aliphatic heterocycles. The molecule has 6 aliphatic carbocycles. The minimum absolute atomic E-state index is 0.0288. The van der Waals surface area contributed by atoms with Crippen LogP contribution in [0.1, 0.15) is 166 Å². The average molecular weight is 723 g/mol. The molecule has 52 heavy (non-hydrogen) atoms. The summed E-state index contributed by atoms with van der Waals surface area (Å²) in [6.07, 6.45) is 13.7. The summed E-state index contributed by atoms with van der Waals surface area (Å²) in [5.41, 5.74) is 0.714. The highest BCUT2D eigenvalue weighted by Gasteiger charge is 2.69. The standard InChI is InChI=1S/C44H70N2O6/c1-26(2)35-30(47)24-44(46-38(51)45-27(3)28-14-12-11-13-15-28)23-22-42(9)29(36(35)44)16-17-32-41(8)20-19-33(52-34(48)25-39(4,5)37(49)50)40(6,7)31(41)18-21-43(32,42)10/h26-28,31-33,35H,11-25H2,1-10H3,(H,49,50)(H2,45,46,51)/t27-,31?,32?,33+,35?,41+,42-,43-,44-/m1/s1. The molecule has 3 N–H and O–H groups in total. The van der Waals surface area contributed by atoms with Gasteiger partial charge >= 0.3 is 18.0 Å². The van der Waals surface area contributed by atoms with Crippen molar-refractivity contribution in [1.82, 2.24) is 10.6 Å². The molecule has 0 aromatic carbocycles. The summed E-state index contributed by atoms with van der Waals surface area (Å²) < 4.78 is 6.16. The molecule has 2 amide bonds. The third-order valence-electron chi connectivity index (χ3n) is 16.8. The molecule has 6 rings (SSSR count). The highest BCUT2D eigenvalue weighted by Crippen LogP contribution is 2.75. The number of carbonyl (C=O) groups excluding carboxylic acids is 3. The van der Waals surface area contributed by atoms with Crippen molar-refractivity contribution in [1.29, 1.82) is 0 Å². The van der Waals surface area contributed by atoms with Crippen LogP contribution in [-0.4, -0.2) is 46.5 Å². The van der Waals surface area contributed by atoms with Crippen LogP contribution in [0.15, 0.2) is 11.1 Å². The van der Waals surface area contributed by atoms with Gasteiger partial charge in [-0.15, -0.1) is 0 Å². The van der Waals surface area contributed by atoms with Crippen molar-refractivity contribution in [3.8, 4) is 0 Å². The van der Waals surface area contributed by atoms with Gasteiger partial charge in [0.1, 0.15) is 11.9 Å². The topological polar surface area (TPSA) is 122 Å². The van der Waals surface area contributed by atoms with Crippen molar-refractivity contribution in [3.05, 3.63) is 11.1 Å². The molecule has 5 saturated carbocycles. The van der Waals surface area contributed by atoms with Crippen LogP contribution in [0.2, 0.25) is 0 Å². The van der Waals surface area contributed by atoms with E-state index in [1.165, 1.54) is 43.3 Å². The maximum atomic E-state index is 14.0. The molecule has 0 aromatic heterocycles. The van der Waals surface area contributed by atoms with E-state index in [2.05, 4.69) is 66.0 Å². The minimum Gasteiger partial charge on any atom is -0.481 e. The Morgan fingerprint density at radius 2 is 1.56 bits per heavy atom. The van der Waals surface area contributed by atoms with E-state index in [9.17, 15) is 24.3 Å². The third-order valence-corrected chi connectivity index (χ3v) is 16.8. The maximum absolute atomic E-state index is 14.0. The zero-order valence-electron chi connectivity index (χ0n) is 34.1. The molecular weight excluding hydrogens is 652 g/mol. The average Bonchev–Trinajstić information content (AvgIpc) is 3.34. The van der Waals surface area contributed by atoms with Gasteiger partial charge in [0.2, 0.25) is 0 Å². The van der Waals surface area contributed by atoms with E-state index in [1.54, 1.807) is 13.8 Å². The summed E-state index contributed by atoms with van der Waals surface area (Å²) in [7, 11) is 0. The fraction of sp³-hybridized carbons (Fsp3) is 0.864. The van der Waals surface area contributed by atoms with E-state index in [-0.39, 0.29) is 63.9 Å². The Kier molecular flexibility index (Phi) is 10.2. The SMILES string of the molecule is CC(C)C1C(=O)C[C@]2(NC(=O)N[C@H](C)C3CCCCC3)CC[C@]3(C)C(=C12)CCC1[C@@]2(C)CC[C@H](OC(=O)CC(C)(C)C(=O)O)C(C)(C)C2CC[C@]13C. The molecular formula is C44H70N2O6. The number of hydrogen-bond acceptors (Lipinski definition) is 5. The third kappa shape index (κ3) is 6.16. The number of rotatable bonds is 8. The van der Waals surface area contributed by atoms with Crippen LogP contribution < -0.4 is 10.6 Å². The lowest BCUT2D eigenvalue weighted by molar-refractivity contribution is -0.214. The summed E-state index contributed by atoms with van der Waals surface area (Å²) in [6, 6.07) is 0.000464. The van der Waals surface area contributed by atoms with Crippen LogP contribution in [0.25, 0.3) is 0 Å². The molecule has 9 atom stereocenters. The summed E-state index contributed by atoms with van der Waals surface area (Å²) >= 11 is 0. The van der Waals surface area contributed by atoms with Crippen molar-refractivity contribution in [3.63, 3.8) is 0 Å². The molecule has 0 aromatic rings. The largest absolute Gasteiger partial charge is 0.481 e. The molecule has 0 radical (unpaired) electrons. The second kappa shape index (κ2) is 13.4. The van der Waals surface area contributed by atoms with E-state index in [0.717, 1.165) is 51.4 Å². The highest BCUT2D eigenvalue weighted by molar-refractivity contribution is 5.92. The number of ether oxygens (including phenoxy) is 1. The molecule has 0 spiro atoms. The molecule has 292 valence electrons. The second-order valence-corrected chi connectivity index (χ2v) is 20.8. The van der Waals surface area contributed by atoms with Crippen LogP contribution in [0.5, 0.6) is 0 Å². The Hall–Kier alpha value is -2.38. The van der Waals surface area contributed by atoms with Gasteiger partial charge < -0.3 is 20.5 Å². The number of hydrogen-bond donors (Lipinski definition) is 3. The molecule has 0 bridgehead atoms. The molecule has 8 heteroatoms. The van der Waals surface area contributed by atoms with Gasteiger partial charge in [0.15, 0.2) is 0 Å². The molecule has 3 unspecified atom stereocenters. The summed E-state index contributed by atoms with van der Waals surface area (Å²) in [4.78, 5) is 52.7. The highest BCUT2D eigenvalue weighted by atomic mass is 16.5. The van der Waals surface area contributed by atoms with Crippen molar-refractivity contribution >= 4 is 23.8 Å². The lowest BCUT2D eigenvalue weighted by Crippen LogP contribution is -2.65. The summed E-state index contributed by atoms with van der Waals surface area (Å²) in [6.45, 7) is 21.8. The van der Waals surface area contributed by atoms with Crippen molar-refractivity contribution in [2.75, 3.05) is 0 Å². The van der Waals surface area contributed by atoms with Crippen LogP contribution in [-0.2, 0) is 19.1 Å². The molecule has 8 nitrogen and oxygen atoms in total. The van der Waals surface area contributed by atoms with Crippen LogP contribution >= 0.6 is 0 Å². The van der Waals surface area contributed by atoms with Gasteiger partial charge in [-0.1, -0.05) is 73.3 Å². The fourth-order valence-corrected chi connectivity index (χ4v) is 13.7. The van der Waals surface area contributed by atoms with E-state index in [0.29, 0.717) is 24.2 Å². The van der Waals surface area contributed by atoms with E-state index in [4.69, 9.17) is 4.74 Å². The first-order valence-corrected chi connectivity index (χ1v) is 20.9. The smallest absolute Gasteiger partial charge is 0.315 e. The number of amides is 2. The number of allylic oxidation sites excluding steroid dienone is 1. The van der Waals surface area contributed by atoms with Crippen molar-refractivity contribution < 1.29 is 29.0 Å². The maximum Gasteiger partial charge on any atom is 0.315 e. The number of carboxylic acids is 1. The number of urea groups is 1. The monoisotopic (exact) mass is 723 g/mol. The normalized spacial score (nSPS) is 39.5. The van der Waals surface area contributed by atoms with Gasteiger partial charge in [-0.2, -0.15) is 0 Å². The lowest BCUT2D eigenvalue weighted by atomic mass is 9.34. The first-order valence-electron chi connectivity index (χ1n) is 20.9. The molecule has 0 saturated heterocycles.